The third kappa shape index (κ3) is 3.61. The number of nitrogens with zero attached hydrogens (tertiary/aromatic N) is 1. The maximum Gasteiger partial charge on any atom is 0.176 e. The zero-order valence-electron chi connectivity index (χ0n) is 13.4. The third-order valence-electron chi connectivity index (χ3n) is 4.64. The fourth-order valence-corrected chi connectivity index (χ4v) is 3.21. The number of rotatable bonds is 4. The van der Waals surface area contributed by atoms with Crippen molar-refractivity contribution < 1.29 is 9.53 Å². The Morgan fingerprint density at radius 1 is 1.27 bits per heavy atom. The Balaban J connectivity index is 1.65. The zero-order valence-corrected chi connectivity index (χ0v) is 13.4. The lowest BCUT2D eigenvalue weighted by Gasteiger charge is -2.27. The van der Waals surface area contributed by atoms with Crippen molar-refractivity contribution in [1.82, 2.24) is 4.90 Å². The van der Waals surface area contributed by atoms with Crippen molar-refractivity contribution in [2.75, 3.05) is 31.5 Å². The standard InChI is InChI=1S/C18H26N2O2/c1-2-15-12-19-16-11-14(7-8-18(16)22-15)17(21)13-20-9-5-3-4-6-10-20/h7-8,11,15,19H,2-6,9-10,12-13H2,1H3. The lowest BCUT2D eigenvalue weighted by atomic mass is 10.1. The summed E-state index contributed by atoms with van der Waals surface area (Å²) < 4.78 is 5.90. The van der Waals surface area contributed by atoms with Gasteiger partial charge >= 0.3 is 0 Å². The van der Waals surface area contributed by atoms with Crippen molar-refractivity contribution in [3.63, 3.8) is 0 Å². The highest BCUT2D eigenvalue weighted by Crippen LogP contribution is 2.30. The van der Waals surface area contributed by atoms with E-state index >= 15 is 0 Å². The van der Waals surface area contributed by atoms with Crippen LogP contribution in [-0.4, -0.2) is 43.0 Å². The summed E-state index contributed by atoms with van der Waals surface area (Å²) in [6.45, 7) is 5.58. The SMILES string of the molecule is CCC1CNc2cc(C(=O)CN3CCCCCC3)ccc2O1. The van der Waals surface area contributed by atoms with E-state index in [1.807, 2.05) is 18.2 Å². The minimum atomic E-state index is 0.212. The Hall–Kier alpha value is -1.55. The summed E-state index contributed by atoms with van der Waals surface area (Å²) in [5.74, 6) is 1.08. The molecule has 0 aromatic heterocycles. The molecular weight excluding hydrogens is 276 g/mol. The highest BCUT2D eigenvalue weighted by Gasteiger charge is 2.20. The molecule has 1 fully saturated rings. The molecule has 1 saturated heterocycles. The predicted molar refractivity (Wildman–Crippen MR) is 88.9 cm³/mol. The number of benzene rings is 1. The number of hydrogen-bond donors (Lipinski definition) is 1. The molecule has 2 aliphatic heterocycles. The van der Waals surface area contributed by atoms with Crippen LogP contribution in [-0.2, 0) is 0 Å². The van der Waals surface area contributed by atoms with Crippen molar-refractivity contribution in [2.45, 2.75) is 45.1 Å². The van der Waals surface area contributed by atoms with Gasteiger partial charge in [-0.15, -0.1) is 0 Å². The number of fused-ring (bicyclic) bond motifs is 1. The number of carbonyl (C=O) groups excluding carboxylic acids is 1. The monoisotopic (exact) mass is 302 g/mol. The van der Waals surface area contributed by atoms with Crippen molar-refractivity contribution in [1.29, 1.82) is 0 Å². The first kappa shape index (κ1) is 15.3. The Kier molecular flexibility index (Phi) is 4.98. The molecule has 0 aliphatic carbocycles. The molecule has 0 bridgehead atoms. The lowest BCUT2D eigenvalue weighted by molar-refractivity contribution is 0.0933. The molecule has 22 heavy (non-hydrogen) atoms. The van der Waals surface area contributed by atoms with E-state index in [0.29, 0.717) is 6.54 Å². The van der Waals surface area contributed by atoms with Gasteiger partial charge in [0.1, 0.15) is 11.9 Å². The molecule has 1 N–H and O–H groups in total. The van der Waals surface area contributed by atoms with E-state index in [2.05, 4.69) is 17.1 Å². The highest BCUT2D eigenvalue weighted by atomic mass is 16.5. The molecular formula is C18H26N2O2. The first-order valence-corrected chi connectivity index (χ1v) is 8.56. The van der Waals surface area contributed by atoms with Crippen LogP contribution in [0.25, 0.3) is 0 Å². The molecule has 0 amide bonds. The van der Waals surface area contributed by atoms with E-state index in [1.165, 1.54) is 25.7 Å². The minimum absolute atomic E-state index is 0.212. The van der Waals surface area contributed by atoms with Crippen LogP contribution in [0, 0.1) is 0 Å². The van der Waals surface area contributed by atoms with Crippen LogP contribution in [0.4, 0.5) is 5.69 Å². The first-order chi connectivity index (χ1) is 10.8. The van der Waals surface area contributed by atoms with Gasteiger partial charge in [-0.25, -0.2) is 0 Å². The van der Waals surface area contributed by atoms with Gasteiger partial charge in [0.15, 0.2) is 5.78 Å². The summed E-state index contributed by atoms with van der Waals surface area (Å²) in [7, 11) is 0. The van der Waals surface area contributed by atoms with Gasteiger partial charge in [0.2, 0.25) is 0 Å². The molecule has 1 aromatic carbocycles. The molecule has 3 rings (SSSR count). The van der Waals surface area contributed by atoms with Crippen LogP contribution in [0.15, 0.2) is 18.2 Å². The fraction of sp³-hybridized carbons (Fsp3) is 0.611. The average molecular weight is 302 g/mol. The maximum absolute atomic E-state index is 12.5. The van der Waals surface area contributed by atoms with Crippen LogP contribution in [0.5, 0.6) is 5.75 Å². The van der Waals surface area contributed by atoms with Gasteiger partial charge in [-0.2, -0.15) is 0 Å². The van der Waals surface area contributed by atoms with Gasteiger partial charge in [-0.1, -0.05) is 19.8 Å². The molecule has 4 heteroatoms. The van der Waals surface area contributed by atoms with Crippen LogP contribution in [0.3, 0.4) is 0 Å². The first-order valence-electron chi connectivity index (χ1n) is 8.56. The number of likely N-dealkylation sites (tertiary alicyclic amines) is 1. The number of nitrogens with one attached hydrogen (secondary N) is 1. The van der Waals surface area contributed by atoms with Gasteiger partial charge < -0.3 is 10.1 Å². The quantitative estimate of drug-likeness (QED) is 0.866. The molecule has 0 spiro atoms. The summed E-state index contributed by atoms with van der Waals surface area (Å²) in [6, 6.07) is 5.78. The smallest absolute Gasteiger partial charge is 0.176 e. The van der Waals surface area contributed by atoms with Crippen LogP contribution in [0.2, 0.25) is 0 Å². The minimum Gasteiger partial charge on any atom is -0.486 e. The van der Waals surface area contributed by atoms with Crippen molar-refractivity contribution in [3.8, 4) is 5.75 Å². The van der Waals surface area contributed by atoms with Gasteiger partial charge in [-0.3, -0.25) is 9.69 Å². The number of anilines is 1. The van der Waals surface area contributed by atoms with Crippen molar-refractivity contribution in [2.24, 2.45) is 0 Å². The van der Waals surface area contributed by atoms with Gasteiger partial charge in [0, 0.05) is 5.56 Å². The van der Waals surface area contributed by atoms with Crippen LogP contribution < -0.4 is 10.1 Å². The lowest BCUT2D eigenvalue weighted by Crippen LogP contribution is -2.31. The largest absolute Gasteiger partial charge is 0.486 e. The number of ether oxygens (including phenoxy) is 1. The summed E-state index contributed by atoms with van der Waals surface area (Å²) in [5.41, 5.74) is 1.74. The number of carbonyl (C=O) groups is 1. The summed E-state index contributed by atoms with van der Waals surface area (Å²) in [6.07, 6.45) is 6.23. The second-order valence-electron chi connectivity index (χ2n) is 6.35. The molecule has 1 aromatic rings. The molecule has 120 valence electrons. The highest BCUT2D eigenvalue weighted by molar-refractivity contribution is 5.98. The fourth-order valence-electron chi connectivity index (χ4n) is 3.21. The number of hydrogen-bond acceptors (Lipinski definition) is 4. The van der Waals surface area contributed by atoms with E-state index in [9.17, 15) is 4.79 Å². The molecule has 1 unspecified atom stereocenters. The van der Waals surface area contributed by atoms with Crippen LogP contribution >= 0.6 is 0 Å². The van der Waals surface area contributed by atoms with E-state index in [-0.39, 0.29) is 11.9 Å². The Morgan fingerprint density at radius 3 is 2.77 bits per heavy atom. The number of Topliss-reactive ketones (excluding diaryl/α,β-unsaturated/α-hetero) is 1. The van der Waals surface area contributed by atoms with Crippen molar-refractivity contribution in [3.05, 3.63) is 23.8 Å². The molecule has 0 saturated carbocycles. The van der Waals surface area contributed by atoms with E-state index in [4.69, 9.17) is 4.74 Å². The van der Waals surface area contributed by atoms with E-state index in [1.54, 1.807) is 0 Å². The second-order valence-corrected chi connectivity index (χ2v) is 6.35. The van der Waals surface area contributed by atoms with Gasteiger partial charge in [-0.05, 0) is 50.6 Å². The molecule has 0 radical (unpaired) electrons. The van der Waals surface area contributed by atoms with E-state index < -0.39 is 0 Å². The molecule has 1 atom stereocenters. The Bertz CT molecular complexity index is 522. The summed E-state index contributed by atoms with van der Waals surface area (Å²) in [5, 5.41) is 3.38. The zero-order chi connectivity index (χ0) is 15.4. The topological polar surface area (TPSA) is 41.6 Å². The summed E-state index contributed by atoms with van der Waals surface area (Å²) >= 11 is 0. The molecule has 4 nitrogen and oxygen atoms in total. The summed E-state index contributed by atoms with van der Waals surface area (Å²) in [4.78, 5) is 14.8. The van der Waals surface area contributed by atoms with E-state index in [0.717, 1.165) is 43.1 Å². The van der Waals surface area contributed by atoms with Crippen molar-refractivity contribution >= 4 is 11.5 Å². The Labute approximate surface area is 132 Å². The third-order valence-corrected chi connectivity index (χ3v) is 4.64. The maximum atomic E-state index is 12.5. The molecule has 2 heterocycles. The average Bonchev–Trinajstić information content (AvgIpc) is 2.82. The Morgan fingerprint density at radius 2 is 2.05 bits per heavy atom. The van der Waals surface area contributed by atoms with Gasteiger partial charge in [0.25, 0.3) is 0 Å². The van der Waals surface area contributed by atoms with Gasteiger partial charge in [0.05, 0.1) is 18.8 Å². The number of ketones is 1. The second kappa shape index (κ2) is 7.14. The normalized spacial score (nSPS) is 22.1. The predicted octanol–water partition coefficient (Wildman–Crippen LogP) is 3.33. The molecule has 2 aliphatic rings. The van der Waals surface area contributed by atoms with Crippen LogP contribution in [0.1, 0.15) is 49.4 Å².